The Morgan fingerprint density at radius 1 is 1.15 bits per heavy atom. The number of hydrogen-bond acceptors (Lipinski definition) is 3. The van der Waals surface area contributed by atoms with Crippen LogP contribution in [0.3, 0.4) is 0 Å². The molecule has 1 aromatic rings. The van der Waals surface area contributed by atoms with Gasteiger partial charge >= 0.3 is 12.1 Å². The van der Waals surface area contributed by atoms with Crippen LogP contribution in [0.25, 0.3) is 0 Å². The van der Waals surface area contributed by atoms with Crippen molar-refractivity contribution >= 4 is 21.7 Å². The molecule has 0 saturated heterocycles. The monoisotopic (exact) mass is 401 g/mol. The van der Waals surface area contributed by atoms with E-state index in [0.717, 1.165) is 6.26 Å². The minimum atomic E-state index is -6.02. The Morgan fingerprint density at radius 2 is 1.69 bits per heavy atom. The van der Waals surface area contributed by atoms with Crippen molar-refractivity contribution in [3.05, 3.63) is 28.8 Å². The Kier molecular flexibility index (Phi) is 6.02. The van der Waals surface area contributed by atoms with Crippen LogP contribution in [0.2, 0.25) is 0 Å². The molecule has 0 aromatic heterocycles. The molecule has 0 atom stereocenters. The van der Waals surface area contributed by atoms with E-state index in [1.165, 1.54) is 0 Å². The number of amides is 1. The van der Waals surface area contributed by atoms with E-state index < -0.39 is 49.8 Å². The van der Waals surface area contributed by atoms with E-state index in [1.54, 1.807) is 6.92 Å². The number of carbonyl (C=O) groups is 1. The van der Waals surface area contributed by atoms with Crippen molar-refractivity contribution in [1.82, 2.24) is 0 Å². The van der Waals surface area contributed by atoms with Crippen molar-refractivity contribution in [2.45, 2.75) is 36.8 Å². The minimum Gasteiger partial charge on any atom is -0.370 e. The summed E-state index contributed by atoms with van der Waals surface area (Å²) in [6, 6.07) is 0.812. The minimum absolute atomic E-state index is 0.0971. The molecule has 1 aromatic carbocycles. The number of hydrogen-bond donors (Lipinski definition) is 2. The molecule has 0 bridgehead atoms. The van der Waals surface area contributed by atoms with Crippen molar-refractivity contribution in [3.63, 3.8) is 0 Å². The van der Waals surface area contributed by atoms with E-state index in [9.17, 15) is 35.2 Å². The SMILES string of the molecule is CCCc1cc(C(F)(F)C(F)(F)F)c(C(=O)N=C(N)N)cc1S(C)(=O)=O. The van der Waals surface area contributed by atoms with E-state index in [4.69, 9.17) is 11.5 Å². The maximum absolute atomic E-state index is 13.9. The molecule has 1 rings (SSSR count). The summed E-state index contributed by atoms with van der Waals surface area (Å²) in [5.41, 5.74) is 6.68. The standard InChI is InChI=1S/C14H16F5N3O3S/c1-3-4-7-5-9(13(15,16)14(17,18)19)8(11(23)22-12(20)21)6-10(7)26(2,24)25/h5-6H,3-4H2,1-2H3,(H4,20,21,22,23). The van der Waals surface area contributed by atoms with Gasteiger partial charge in [0.25, 0.3) is 5.91 Å². The average Bonchev–Trinajstić information content (AvgIpc) is 2.43. The molecule has 0 aliphatic rings. The predicted octanol–water partition coefficient (Wildman–Crippen LogP) is 2.11. The summed E-state index contributed by atoms with van der Waals surface area (Å²) in [5.74, 6) is -7.92. The van der Waals surface area contributed by atoms with E-state index in [-0.39, 0.29) is 18.4 Å². The van der Waals surface area contributed by atoms with Gasteiger partial charge in [-0.1, -0.05) is 13.3 Å². The number of aliphatic imine (C=N–C) groups is 1. The molecule has 0 fully saturated rings. The van der Waals surface area contributed by atoms with Crippen LogP contribution in [0, 0.1) is 0 Å². The lowest BCUT2D eigenvalue weighted by atomic mass is 9.96. The molecule has 0 unspecified atom stereocenters. The van der Waals surface area contributed by atoms with Crippen molar-refractivity contribution in [3.8, 4) is 0 Å². The largest absolute Gasteiger partial charge is 0.458 e. The molecule has 12 heteroatoms. The van der Waals surface area contributed by atoms with E-state index in [1.807, 2.05) is 0 Å². The molecule has 0 heterocycles. The van der Waals surface area contributed by atoms with Gasteiger partial charge < -0.3 is 11.5 Å². The normalized spacial score (nSPS) is 12.7. The van der Waals surface area contributed by atoms with Crippen molar-refractivity contribution < 1.29 is 35.2 Å². The zero-order valence-corrected chi connectivity index (χ0v) is 14.5. The third-order valence-corrected chi connectivity index (χ3v) is 4.45. The van der Waals surface area contributed by atoms with Gasteiger partial charge in [-0.05, 0) is 24.1 Å². The molecule has 0 saturated carbocycles. The molecule has 146 valence electrons. The second kappa shape index (κ2) is 7.17. The van der Waals surface area contributed by atoms with Gasteiger partial charge in [0.2, 0.25) is 0 Å². The Morgan fingerprint density at radius 3 is 2.08 bits per heavy atom. The molecule has 4 N–H and O–H groups in total. The van der Waals surface area contributed by atoms with E-state index in [0.29, 0.717) is 12.1 Å². The summed E-state index contributed by atoms with van der Waals surface area (Å²) in [7, 11) is -4.03. The first-order valence-electron chi connectivity index (χ1n) is 7.08. The summed E-state index contributed by atoms with van der Waals surface area (Å²) >= 11 is 0. The number of rotatable bonds is 5. The van der Waals surface area contributed by atoms with Gasteiger partial charge in [0, 0.05) is 11.8 Å². The van der Waals surface area contributed by atoms with E-state index >= 15 is 0 Å². The highest BCUT2D eigenvalue weighted by molar-refractivity contribution is 7.90. The van der Waals surface area contributed by atoms with Crippen LogP contribution in [0.15, 0.2) is 22.0 Å². The maximum Gasteiger partial charge on any atom is 0.458 e. The van der Waals surface area contributed by atoms with Gasteiger partial charge in [-0.15, -0.1) is 0 Å². The number of halogens is 5. The first kappa shape index (κ1) is 21.8. The first-order chi connectivity index (χ1) is 11.6. The highest BCUT2D eigenvalue weighted by Crippen LogP contribution is 2.46. The van der Waals surface area contributed by atoms with Crippen LogP contribution < -0.4 is 11.5 Å². The van der Waals surface area contributed by atoms with Gasteiger partial charge in [-0.2, -0.15) is 26.9 Å². The van der Waals surface area contributed by atoms with Crippen molar-refractivity contribution in [2.24, 2.45) is 16.5 Å². The molecule has 6 nitrogen and oxygen atoms in total. The lowest BCUT2D eigenvalue weighted by molar-refractivity contribution is -0.289. The Hall–Kier alpha value is -2.24. The fraction of sp³-hybridized carbons (Fsp3) is 0.429. The van der Waals surface area contributed by atoms with Crippen LogP contribution in [0.5, 0.6) is 0 Å². The molecule has 0 spiro atoms. The van der Waals surface area contributed by atoms with Crippen LogP contribution in [0.1, 0.15) is 34.8 Å². The molecular formula is C14H16F5N3O3S. The summed E-state index contributed by atoms with van der Waals surface area (Å²) in [6.45, 7) is 1.58. The number of carbonyl (C=O) groups excluding carboxylic acids is 1. The molecule has 1 amide bonds. The third-order valence-electron chi connectivity index (χ3n) is 3.27. The zero-order valence-electron chi connectivity index (χ0n) is 13.7. The van der Waals surface area contributed by atoms with Gasteiger partial charge in [0.1, 0.15) is 0 Å². The third kappa shape index (κ3) is 4.48. The second-order valence-electron chi connectivity index (χ2n) is 5.44. The molecular weight excluding hydrogens is 385 g/mol. The average molecular weight is 401 g/mol. The number of aryl methyl sites for hydroxylation is 1. The summed E-state index contributed by atoms with van der Waals surface area (Å²) in [6.07, 6.45) is -5.12. The Balaban J connectivity index is 3.95. The fourth-order valence-electron chi connectivity index (χ4n) is 2.20. The number of guanidine groups is 1. The van der Waals surface area contributed by atoms with Crippen molar-refractivity contribution in [1.29, 1.82) is 0 Å². The van der Waals surface area contributed by atoms with Crippen LogP contribution in [-0.2, 0) is 22.2 Å². The number of nitrogens with two attached hydrogens (primary N) is 2. The lowest BCUT2D eigenvalue weighted by Gasteiger charge is -2.23. The predicted molar refractivity (Wildman–Crippen MR) is 83.6 cm³/mol. The van der Waals surface area contributed by atoms with Gasteiger partial charge in [-0.25, -0.2) is 8.42 Å². The molecule has 26 heavy (non-hydrogen) atoms. The van der Waals surface area contributed by atoms with Crippen molar-refractivity contribution in [2.75, 3.05) is 6.26 Å². The van der Waals surface area contributed by atoms with Crippen LogP contribution >= 0.6 is 0 Å². The Bertz CT molecular complexity index is 844. The quantitative estimate of drug-likeness (QED) is 0.445. The van der Waals surface area contributed by atoms with E-state index in [2.05, 4.69) is 4.99 Å². The summed E-state index contributed by atoms with van der Waals surface area (Å²) < 4.78 is 90.1. The maximum atomic E-state index is 13.9. The van der Waals surface area contributed by atoms with Gasteiger partial charge in [0.15, 0.2) is 15.8 Å². The topological polar surface area (TPSA) is 116 Å². The smallest absolute Gasteiger partial charge is 0.370 e. The fourth-order valence-corrected chi connectivity index (χ4v) is 3.17. The lowest BCUT2D eigenvalue weighted by Crippen LogP contribution is -2.35. The molecule has 0 aliphatic carbocycles. The number of alkyl halides is 5. The highest BCUT2D eigenvalue weighted by atomic mass is 32.2. The van der Waals surface area contributed by atoms with Crippen LogP contribution in [0.4, 0.5) is 22.0 Å². The number of nitrogens with zero attached hydrogens (tertiary/aromatic N) is 1. The second-order valence-corrected chi connectivity index (χ2v) is 7.43. The number of sulfone groups is 1. The zero-order chi connectivity index (χ0) is 20.5. The first-order valence-corrected chi connectivity index (χ1v) is 8.98. The number of benzene rings is 1. The summed E-state index contributed by atoms with van der Waals surface area (Å²) in [5, 5.41) is 0. The van der Waals surface area contributed by atoms with Gasteiger partial charge in [-0.3, -0.25) is 4.79 Å². The highest BCUT2D eigenvalue weighted by Gasteiger charge is 2.60. The molecule has 0 aliphatic heterocycles. The van der Waals surface area contributed by atoms with Crippen LogP contribution in [-0.4, -0.2) is 32.7 Å². The Labute approximate surface area is 146 Å². The molecule has 0 radical (unpaired) electrons. The summed E-state index contributed by atoms with van der Waals surface area (Å²) in [4.78, 5) is 14.3. The van der Waals surface area contributed by atoms with Gasteiger partial charge in [0.05, 0.1) is 10.5 Å².